The van der Waals surface area contributed by atoms with Crippen molar-refractivity contribution in [3.63, 3.8) is 0 Å². The maximum Gasteiger partial charge on any atom is 0.269 e. The van der Waals surface area contributed by atoms with Crippen LogP contribution in [-0.4, -0.2) is 34.4 Å². The second kappa shape index (κ2) is 8.34. The van der Waals surface area contributed by atoms with Gasteiger partial charge in [-0.2, -0.15) is 0 Å². The molecule has 2 rings (SSSR count). The molecule has 0 aromatic carbocycles. The van der Waals surface area contributed by atoms with Crippen molar-refractivity contribution in [3.05, 3.63) is 54.5 Å². The van der Waals surface area contributed by atoms with Gasteiger partial charge in [-0.05, 0) is 36.1 Å². The molecule has 0 bridgehead atoms. The highest BCUT2D eigenvalue weighted by atomic mass is 16.2. The quantitative estimate of drug-likeness (QED) is 0.708. The lowest BCUT2D eigenvalue weighted by Gasteiger charge is -2.30. The Morgan fingerprint density at radius 3 is 2.40 bits per heavy atom. The molecule has 2 heterocycles. The van der Waals surface area contributed by atoms with Crippen molar-refractivity contribution < 1.29 is 9.59 Å². The fraction of sp³-hybridized carbons (Fsp3) is 0.333. The zero-order valence-electron chi connectivity index (χ0n) is 14.4. The molecule has 0 aliphatic rings. The van der Waals surface area contributed by atoms with Gasteiger partial charge in [0.15, 0.2) is 0 Å². The monoisotopic (exact) mass is 341 g/mol. The molecule has 7 heteroatoms. The maximum atomic E-state index is 12.3. The smallest absolute Gasteiger partial charge is 0.269 e. The van der Waals surface area contributed by atoms with Crippen LogP contribution in [0.25, 0.3) is 0 Å². The van der Waals surface area contributed by atoms with Gasteiger partial charge in [0, 0.05) is 18.9 Å². The van der Waals surface area contributed by atoms with Crippen molar-refractivity contribution in [2.45, 2.75) is 26.3 Å². The number of carbonyl (C=O) groups is 2. The first-order chi connectivity index (χ1) is 11.9. The van der Waals surface area contributed by atoms with Gasteiger partial charge in [-0.25, -0.2) is 4.98 Å². The minimum absolute atomic E-state index is 0.247. The first-order valence-electron chi connectivity index (χ1n) is 8.07. The number of hydrogen-bond acceptors (Lipinski definition) is 5. The number of nitrogens with zero attached hydrogens (tertiary/aromatic N) is 2. The molecular weight excluding hydrogens is 318 g/mol. The lowest BCUT2D eigenvalue weighted by molar-refractivity contribution is -0.119. The Kier molecular flexibility index (Phi) is 6.19. The van der Waals surface area contributed by atoms with E-state index in [1.807, 2.05) is 13.8 Å². The number of carbonyl (C=O) groups excluding carboxylic acids is 2. The van der Waals surface area contributed by atoms with Crippen LogP contribution in [-0.2, 0) is 4.79 Å². The second-order valence-corrected chi connectivity index (χ2v) is 6.39. The van der Waals surface area contributed by atoms with Crippen LogP contribution in [0.4, 0.5) is 5.82 Å². The molecule has 2 amide bonds. The lowest BCUT2D eigenvalue weighted by Crippen LogP contribution is -2.48. The maximum absolute atomic E-state index is 12.3. The molecule has 0 aliphatic carbocycles. The van der Waals surface area contributed by atoms with Crippen LogP contribution in [0.2, 0.25) is 0 Å². The summed E-state index contributed by atoms with van der Waals surface area (Å²) >= 11 is 0. The van der Waals surface area contributed by atoms with Crippen LogP contribution >= 0.6 is 0 Å². The van der Waals surface area contributed by atoms with Gasteiger partial charge in [0.05, 0.1) is 6.04 Å². The molecule has 132 valence electrons. The Morgan fingerprint density at radius 1 is 1.12 bits per heavy atom. The summed E-state index contributed by atoms with van der Waals surface area (Å²) in [5, 5.41) is 5.50. The van der Waals surface area contributed by atoms with Crippen LogP contribution in [0, 0.1) is 5.41 Å². The molecule has 0 unspecified atom stereocenters. The molecule has 0 aliphatic heterocycles. The highest BCUT2D eigenvalue weighted by Crippen LogP contribution is 2.24. The van der Waals surface area contributed by atoms with Crippen molar-refractivity contribution in [2.24, 2.45) is 11.1 Å². The lowest BCUT2D eigenvalue weighted by atomic mass is 9.81. The molecule has 0 radical (unpaired) electrons. The van der Waals surface area contributed by atoms with E-state index in [-0.39, 0.29) is 11.8 Å². The molecule has 25 heavy (non-hydrogen) atoms. The van der Waals surface area contributed by atoms with Crippen molar-refractivity contribution >= 4 is 17.6 Å². The normalized spacial score (nSPS) is 12.3. The van der Waals surface area contributed by atoms with Crippen LogP contribution < -0.4 is 16.4 Å². The Bertz CT molecular complexity index is 704. The van der Waals surface area contributed by atoms with Gasteiger partial charge >= 0.3 is 0 Å². The van der Waals surface area contributed by atoms with E-state index < -0.39 is 11.5 Å². The molecule has 0 saturated heterocycles. The molecular formula is C18H23N5O2. The summed E-state index contributed by atoms with van der Waals surface area (Å²) in [6.45, 7) is 4.18. The van der Waals surface area contributed by atoms with Crippen LogP contribution in [0.3, 0.4) is 0 Å². The number of amides is 2. The average molecular weight is 341 g/mol. The van der Waals surface area contributed by atoms with E-state index in [0.29, 0.717) is 24.5 Å². The number of rotatable bonds is 7. The number of nitrogens with one attached hydrogen (secondary N) is 2. The molecule has 0 fully saturated rings. The average Bonchev–Trinajstić information content (AvgIpc) is 2.62. The summed E-state index contributed by atoms with van der Waals surface area (Å²) in [5.74, 6) is -0.0927. The van der Waals surface area contributed by atoms with Crippen molar-refractivity contribution in [2.75, 3.05) is 11.9 Å². The van der Waals surface area contributed by atoms with E-state index in [0.717, 1.165) is 0 Å². The topological polar surface area (TPSA) is 110 Å². The largest absolute Gasteiger partial charge is 0.351 e. The summed E-state index contributed by atoms with van der Waals surface area (Å²) in [4.78, 5) is 32.3. The minimum atomic E-state index is -0.735. The van der Waals surface area contributed by atoms with Gasteiger partial charge in [-0.1, -0.05) is 26.0 Å². The predicted octanol–water partition coefficient (Wildman–Crippen LogP) is 1.59. The summed E-state index contributed by atoms with van der Waals surface area (Å²) in [6.07, 6.45) is 3.71. The summed E-state index contributed by atoms with van der Waals surface area (Å²) < 4.78 is 0. The van der Waals surface area contributed by atoms with E-state index in [1.165, 1.54) is 0 Å². The molecule has 1 atom stereocenters. The summed E-state index contributed by atoms with van der Waals surface area (Å²) in [5.41, 5.74) is 5.96. The SMILES string of the molecule is CC(C)(CCNC(=O)c1ccccn1)[C@H](N)C(=O)Nc1ccccn1. The van der Waals surface area contributed by atoms with E-state index >= 15 is 0 Å². The summed E-state index contributed by atoms with van der Waals surface area (Å²) in [6, 6.07) is 9.66. The fourth-order valence-corrected chi connectivity index (χ4v) is 2.24. The van der Waals surface area contributed by atoms with Gasteiger partial charge in [-0.15, -0.1) is 0 Å². The zero-order valence-corrected chi connectivity index (χ0v) is 14.4. The number of pyridine rings is 2. The number of anilines is 1. The Labute approximate surface area is 147 Å². The number of nitrogens with two attached hydrogens (primary N) is 1. The zero-order chi connectivity index (χ0) is 18.3. The van der Waals surface area contributed by atoms with Gasteiger partial charge < -0.3 is 16.4 Å². The standard InChI is InChI=1S/C18H23N5O2/c1-18(2,9-12-22-16(24)13-7-3-5-10-20-13)15(19)17(25)23-14-8-4-6-11-21-14/h3-8,10-11,15H,9,12,19H2,1-2H3,(H,22,24)(H,21,23,25)/t15-/m1/s1. The molecule has 0 spiro atoms. The Morgan fingerprint density at radius 2 is 1.80 bits per heavy atom. The van der Waals surface area contributed by atoms with Gasteiger partial charge in [-0.3, -0.25) is 14.6 Å². The Balaban J connectivity index is 1.85. The van der Waals surface area contributed by atoms with E-state index in [2.05, 4.69) is 20.6 Å². The first kappa shape index (κ1) is 18.5. The number of hydrogen-bond donors (Lipinski definition) is 3. The van der Waals surface area contributed by atoms with Crippen molar-refractivity contribution in [3.8, 4) is 0 Å². The van der Waals surface area contributed by atoms with E-state index in [9.17, 15) is 9.59 Å². The van der Waals surface area contributed by atoms with E-state index in [4.69, 9.17) is 5.73 Å². The highest BCUT2D eigenvalue weighted by Gasteiger charge is 2.32. The third-order valence-electron chi connectivity index (χ3n) is 3.99. The summed E-state index contributed by atoms with van der Waals surface area (Å²) in [7, 11) is 0. The molecule has 2 aromatic rings. The molecule has 2 aromatic heterocycles. The molecule has 0 saturated carbocycles. The second-order valence-electron chi connectivity index (χ2n) is 6.39. The van der Waals surface area contributed by atoms with Crippen molar-refractivity contribution in [1.82, 2.24) is 15.3 Å². The van der Waals surface area contributed by atoms with Crippen LogP contribution in [0.1, 0.15) is 30.8 Å². The van der Waals surface area contributed by atoms with Crippen molar-refractivity contribution in [1.29, 1.82) is 0 Å². The number of aromatic nitrogens is 2. The third-order valence-corrected chi connectivity index (χ3v) is 3.99. The van der Waals surface area contributed by atoms with Gasteiger partial charge in [0.1, 0.15) is 11.5 Å². The molecule has 4 N–H and O–H groups in total. The van der Waals surface area contributed by atoms with Crippen LogP contribution in [0.15, 0.2) is 48.8 Å². The van der Waals surface area contributed by atoms with Crippen LogP contribution in [0.5, 0.6) is 0 Å². The van der Waals surface area contributed by atoms with E-state index in [1.54, 1.807) is 48.8 Å². The first-order valence-corrected chi connectivity index (χ1v) is 8.07. The minimum Gasteiger partial charge on any atom is -0.351 e. The van der Waals surface area contributed by atoms with Gasteiger partial charge in [0.2, 0.25) is 5.91 Å². The third kappa shape index (κ3) is 5.36. The fourth-order valence-electron chi connectivity index (χ4n) is 2.24. The Hall–Kier alpha value is -2.80. The highest BCUT2D eigenvalue weighted by molar-refractivity contribution is 5.94. The molecule has 7 nitrogen and oxygen atoms in total. The van der Waals surface area contributed by atoms with Gasteiger partial charge in [0.25, 0.3) is 5.91 Å². The predicted molar refractivity (Wildman–Crippen MR) is 95.8 cm³/mol.